The second kappa shape index (κ2) is 7.06. The minimum absolute atomic E-state index is 0.142. The summed E-state index contributed by atoms with van der Waals surface area (Å²) >= 11 is 6.23. The van der Waals surface area contributed by atoms with E-state index in [1.54, 1.807) is 18.7 Å². The molecule has 3 aromatic heterocycles. The molecule has 0 spiro atoms. The van der Waals surface area contributed by atoms with Crippen LogP contribution in [0.25, 0.3) is 27.8 Å². The number of benzene rings is 2. The van der Waals surface area contributed by atoms with Crippen molar-refractivity contribution in [3.63, 3.8) is 0 Å². The fraction of sp³-hybridized carbons (Fsp3) is 0.0476. The molecular weight excluding hydrogens is 400 g/mol. The van der Waals surface area contributed by atoms with E-state index in [0.717, 1.165) is 33.5 Å². The number of rotatable bonds is 3. The first-order chi connectivity index (χ1) is 14.6. The average Bonchev–Trinajstić information content (AvgIpc) is 3.27. The van der Waals surface area contributed by atoms with Crippen molar-refractivity contribution in [3.8, 4) is 17.2 Å². The number of fused-ring (bicyclic) bond motifs is 3. The van der Waals surface area contributed by atoms with E-state index in [2.05, 4.69) is 20.2 Å². The van der Waals surface area contributed by atoms with Crippen LogP contribution in [0.5, 0.6) is 0 Å². The van der Waals surface area contributed by atoms with Crippen molar-refractivity contribution in [1.29, 1.82) is 5.26 Å². The maximum atomic E-state index is 8.90. The second-order valence-electron chi connectivity index (χ2n) is 6.61. The van der Waals surface area contributed by atoms with Gasteiger partial charge in [-0.3, -0.25) is 4.40 Å². The molecule has 0 aliphatic rings. The molecule has 0 saturated carbocycles. The van der Waals surface area contributed by atoms with Crippen LogP contribution in [-0.4, -0.2) is 36.6 Å². The smallest absolute Gasteiger partial charge is 0.257 e. The zero-order valence-corrected chi connectivity index (χ0v) is 16.5. The second-order valence-corrected chi connectivity index (χ2v) is 7.05. The molecular formula is C21H13ClN8. The molecule has 30 heavy (non-hydrogen) atoms. The van der Waals surface area contributed by atoms with Crippen molar-refractivity contribution < 1.29 is 0 Å². The van der Waals surface area contributed by atoms with Gasteiger partial charge >= 0.3 is 0 Å². The molecule has 0 aliphatic heterocycles. The lowest BCUT2D eigenvalue weighted by molar-refractivity contribution is 1.08. The Balaban J connectivity index is 1.63. The van der Waals surface area contributed by atoms with E-state index in [0.29, 0.717) is 10.8 Å². The van der Waals surface area contributed by atoms with Crippen molar-refractivity contribution >= 4 is 39.8 Å². The number of nitrogens with zero attached hydrogens (tertiary/aromatic N) is 8. The van der Waals surface area contributed by atoms with E-state index in [4.69, 9.17) is 21.8 Å². The summed E-state index contributed by atoms with van der Waals surface area (Å²) in [6.07, 6.45) is 4.90. The normalized spacial score (nSPS) is 11.0. The van der Waals surface area contributed by atoms with Gasteiger partial charge in [-0.2, -0.15) is 10.2 Å². The van der Waals surface area contributed by atoms with Crippen molar-refractivity contribution in [3.05, 3.63) is 72.0 Å². The Hall–Kier alpha value is -4.09. The standard InChI is InChI=1S/C21H13ClN8/c1-29(16-4-2-3-13(7-16)14-10-24-19(9-23)25-11-14)20-17-6-5-15(22)8-18(17)30-12-26-28-21(30)27-20/h2-8,10-12H,1H3. The molecule has 8 nitrogen and oxygen atoms in total. The molecule has 5 aromatic rings. The molecule has 0 fully saturated rings. The Morgan fingerprint density at radius 3 is 2.70 bits per heavy atom. The maximum Gasteiger partial charge on any atom is 0.257 e. The third-order valence-corrected chi connectivity index (χ3v) is 5.07. The Bertz CT molecular complexity index is 1440. The molecule has 2 aromatic carbocycles. The van der Waals surface area contributed by atoms with Crippen molar-refractivity contribution in [2.45, 2.75) is 0 Å². The molecule has 0 bridgehead atoms. The van der Waals surface area contributed by atoms with Crippen molar-refractivity contribution in [1.82, 2.24) is 29.5 Å². The van der Waals surface area contributed by atoms with Crippen molar-refractivity contribution in [2.24, 2.45) is 0 Å². The highest BCUT2D eigenvalue weighted by atomic mass is 35.5. The van der Waals surface area contributed by atoms with Crippen LogP contribution in [0.3, 0.4) is 0 Å². The number of hydrogen-bond donors (Lipinski definition) is 0. The highest BCUT2D eigenvalue weighted by Crippen LogP contribution is 2.33. The van der Waals surface area contributed by atoms with E-state index >= 15 is 0 Å². The lowest BCUT2D eigenvalue weighted by Gasteiger charge is -2.21. The Kier molecular flexibility index (Phi) is 4.23. The number of anilines is 2. The molecule has 0 saturated heterocycles. The molecule has 0 aliphatic carbocycles. The van der Waals surface area contributed by atoms with Crippen LogP contribution >= 0.6 is 11.6 Å². The lowest BCUT2D eigenvalue weighted by Crippen LogP contribution is -2.13. The largest absolute Gasteiger partial charge is 0.329 e. The van der Waals surface area contributed by atoms with Crippen LogP contribution in [0.2, 0.25) is 5.02 Å². The zero-order valence-electron chi connectivity index (χ0n) is 15.7. The van der Waals surface area contributed by atoms with Gasteiger partial charge in [-0.15, -0.1) is 10.2 Å². The molecule has 0 amide bonds. The van der Waals surface area contributed by atoms with Gasteiger partial charge in [-0.1, -0.05) is 23.7 Å². The fourth-order valence-electron chi connectivity index (χ4n) is 3.33. The molecule has 5 rings (SSSR count). The lowest BCUT2D eigenvalue weighted by atomic mass is 10.1. The van der Waals surface area contributed by atoms with Crippen LogP contribution in [0, 0.1) is 11.3 Å². The number of hydrogen-bond acceptors (Lipinski definition) is 7. The average molecular weight is 413 g/mol. The first kappa shape index (κ1) is 18.0. The Morgan fingerprint density at radius 2 is 1.90 bits per heavy atom. The van der Waals surface area contributed by atoms with Crippen LogP contribution in [-0.2, 0) is 0 Å². The maximum absolute atomic E-state index is 8.90. The fourth-order valence-corrected chi connectivity index (χ4v) is 3.50. The van der Waals surface area contributed by atoms with Crippen molar-refractivity contribution in [2.75, 3.05) is 11.9 Å². The van der Waals surface area contributed by atoms with E-state index in [-0.39, 0.29) is 5.82 Å². The summed E-state index contributed by atoms with van der Waals surface area (Å²) in [5.74, 6) is 1.36. The number of halogens is 1. The number of aromatic nitrogens is 6. The minimum atomic E-state index is 0.142. The van der Waals surface area contributed by atoms with Crippen LogP contribution in [0.1, 0.15) is 5.82 Å². The van der Waals surface area contributed by atoms with Crippen LogP contribution in [0.4, 0.5) is 11.5 Å². The van der Waals surface area contributed by atoms with Gasteiger partial charge in [0.05, 0.1) is 5.52 Å². The Morgan fingerprint density at radius 1 is 1.07 bits per heavy atom. The molecule has 0 radical (unpaired) electrons. The van der Waals surface area contributed by atoms with Gasteiger partial charge in [0.1, 0.15) is 18.2 Å². The summed E-state index contributed by atoms with van der Waals surface area (Å²) in [6, 6.07) is 15.5. The quantitative estimate of drug-likeness (QED) is 0.441. The summed E-state index contributed by atoms with van der Waals surface area (Å²) < 4.78 is 1.81. The summed E-state index contributed by atoms with van der Waals surface area (Å²) in [7, 11) is 1.94. The third kappa shape index (κ3) is 2.98. The molecule has 0 atom stereocenters. The summed E-state index contributed by atoms with van der Waals surface area (Å²) in [6.45, 7) is 0. The third-order valence-electron chi connectivity index (χ3n) is 4.83. The predicted molar refractivity (Wildman–Crippen MR) is 114 cm³/mol. The minimum Gasteiger partial charge on any atom is -0.329 e. The predicted octanol–water partition coefficient (Wildman–Crippen LogP) is 4.03. The van der Waals surface area contributed by atoms with Crippen LogP contribution in [0.15, 0.2) is 61.2 Å². The first-order valence-corrected chi connectivity index (χ1v) is 9.37. The van der Waals surface area contributed by atoms with Gasteiger partial charge < -0.3 is 4.90 Å². The molecule has 9 heteroatoms. The van der Waals surface area contributed by atoms with Gasteiger partial charge in [-0.05, 0) is 35.9 Å². The van der Waals surface area contributed by atoms with Gasteiger partial charge in [0, 0.05) is 41.1 Å². The number of nitriles is 1. The summed E-state index contributed by atoms with van der Waals surface area (Å²) in [5.41, 5.74) is 3.54. The van der Waals surface area contributed by atoms with Gasteiger partial charge in [0.2, 0.25) is 5.82 Å². The van der Waals surface area contributed by atoms with E-state index in [1.165, 1.54) is 0 Å². The van der Waals surface area contributed by atoms with E-state index in [1.807, 2.05) is 64.9 Å². The van der Waals surface area contributed by atoms with E-state index < -0.39 is 0 Å². The molecule has 0 unspecified atom stereocenters. The highest BCUT2D eigenvalue weighted by molar-refractivity contribution is 6.31. The molecule has 3 heterocycles. The highest BCUT2D eigenvalue weighted by Gasteiger charge is 2.15. The van der Waals surface area contributed by atoms with Crippen LogP contribution < -0.4 is 4.90 Å². The zero-order chi connectivity index (χ0) is 20.7. The summed E-state index contributed by atoms with van der Waals surface area (Å²) in [4.78, 5) is 14.8. The molecule has 0 N–H and O–H groups in total. The SMILES string of the molecule is CN(c1cccc(-c2cnc(C#N)nc2)c1)c1nc2nncn2c2cc(Cl)ccc12. The molecule has 144 valence electrons. The monoisotopic (exact) mass is 412 g/mol. The Labute approximate surface area is 176 Å². The van der Waals surface area contributed by atoms with Gasteiger partial charge in [-0.25, -0.2) is 9.97 Å². The van der Waals surface area contributed by atoms with E-state index in [9.17, 15) is 0 Å². The topological polar surface area (TPSA) is 95.9 Å². The summed E-state index contributed by atoms with van der Waals surface area (Å²) in [5, 5.41) is 18.5. The van der Waals surface area contributed by atoms with Gasteiger partial charge in [0.25, 0.3) is 5.78 Å². The first-order valence-electron chi connectivity index (χ1n) is 8.99. The van der Waals surface area contributed by atoms with Gasteiger partial charge in [0.15, 0.2) is 0 Å².